The number of fused-ring (bicyclic) bond motifs is 1. The van der Waals surface area contributed by atoms with Crippen LogP contribution in [-0.2, 0) is 6.42 Å². The molecule has 2 N–H and O–H groups in total. The molecule has 5 heteroatoms. The van der Waals surface area contributed by atoms with Crippen LogP contribution >= 0.6 is 12.2 Å². The molecule has 1 aromatic carbocycles. The van der Waals surface area contributed by atoms with Gasteiger partial charge < -0.3 is 20.1 Å². The minimum absolute atomic E-state index is 0.314. The number of benzene rings is 1. The molecule has 0 atom stereocenters. The Hall–Kier alpha value is -1.49. The summed E-state index contributed by atoms with van der Waals surface area (Å²) in [4.78, 5) is 0. The van der Waals surface area contributed by atoms with Crippen LogP contribution in [0.4, 0.5) is 0 Å². The summed E-state index contributed by atoms with van der Waals surface area (Å²) < 4.78 is 10.7. The molecular formula is C11H14N2O2S. The van der Waals surface area contributed by atoms with Crippen molar-refractivity contribution in [2.75, 3.05) is 20.4 Å². The highest BCUT2D eigenvalue weighted by Crippen LogP contribution is 2.35. The van der Waals surface area contributed by atoms with E-state index in [1.54, 1.807) is 7.05 Å². The second-order valence-electron chi connectivity index (χ2n) is 3.41. The van der Waals surface area contributed by atoms with Crippen LogP contribution in [0.5, 0.6) is 11.5 Å². The summed E-state index contributed by atoms with van der Waals surface area (Å²) in [6.07, 6.45) is 0.856. The molecule has 0 unspecified atom stereocenters. The first-order chi connectivity index (χ1) is 7.81. The van der Waals surface area contributed by atoms with E-state index < -0.39 is 0 Å². The van der Waals surface area contributed by atoms with Crippen molar-refractivity contribution in [1.29, 1.82) is 0 Å². The van der Waals surface area contributed by atoms with E-state index in [0.717, 1.165) is 30.0 Å². The maximum atomic E-state index is 5.41. The fraction of sp³-hybridized carbons (Fsp3) is 0.364. The Morgan fingerprint density at radius 1 is 1.44 bits per heavy atom. The Labute approximate surface area is 99.9 Å². The molecule has 0 radical (unpaired) electrons. The average Bonchev–Trinajstić information content (AvgIpc) is 2.77. The van der Waals surface area contributed by atoms with Crippen molar-refractivity contribution in [2.45, 2.75) is 6.42 Å². The summed E-state index contributed by atoms with van der Waals surface area (Å²) in [7, 11) is 1.80. The Bertz CT molecular complexity index is 396. The third kappa shape index (κ3) is 2.36. The SMILES string of the molecule is CNC(=S)NCCc1cccc2c1OCO2. The molecule has 0 spiro atoms. The molecule has 0 bridgehead atoms. The molecule has 86 valence electrons. The first-order valence-electron chi connectivity index (χ1n) is 5.14. The van der Waals surface area contributed by atoms with Crippen molar-refractivity contribution < 1.29 is 9.47 Å². The van der Waals surface area contributed by atoms with E-state index in [0.29, 0.717) is 11.9 Å². The van der Waals surface area contributed by atoms with Gasteiger partial charge in [-0.3, -0.25) is 0 Å². The van der Waals surface area contributed by atoms with Crippen LogP contribution in [-0.4, -0.2) is 25.5 Å². The lowest BCUT2D eigenvalue weighted by Crippen LogP contribution is -2.33. The third-order valence-corrected chi connectivity index (χ3v) is 2.73. The summed E-state index contributed by atoms with van der Waals surface area (Å²) in [5.41, 5.74) is 1.14. The van der Waals surface area contributed by atoms with Gasteiger partial charge in [0, 0.05) is 13.6 Å². The van der Waals surface area contributed by atoms with Crippen molar-refractivity contribution in [3.8, 4) is 11.5 Å². The van der Waals surface area contributed by atoms with E-state index in [9.17, 15) is 0 Å². The molecule has 0 saturated carbocycles. The van der Waals surface area contributed by atoms with E-state index >= 15 is 0 Å². The van der Waals surface area contributed by atoms with Gasteiger partial charge in [-0.2, -0.15) is 0 Å². The van der Waals surface area contributed by atoms with Crippen molar-refractivity contribution in [3.63, 3.8) is 0 Å². The molecule has 1 aliphatic heterocycles. The topological polar surface area (TPSA) is 42.5 Å². The Balaban J connectivity index is 1.95. The maximum Gasteiger partial charge on any atom is 0.231 e. The largest absolute Gasteiger partial charge is 0.454 e. The first kappa shape index (κ1) is 11.0. The highest BCUT2D eigenvalue weighted by atomic mass is 32.1. The molecule has 0 aromatic heterocycles. The molecule has 16 heavy (non-hydrogen) atoms. The van der Waals surface area contributed by atoms with Gasteiger partial charge in [0.1, 0.15) is 0 Å². The second kappa shape index (κ2) is 5.03. The van der Waals surface area contributed by atoms with E-state index in [-0.39, 0.29) is 0 Å². The summed E-state index contributed by atoms with van der Waals surface area (Å²) in [6.45, 7) is 1.09. The normalized spacial score (nSPS) is 12.3. The molecule has 0 saturated heterocycles. The fourth-order valence-electron chi connectivity index (χ4n) is 1.59. The van der Waals surface area contributed by atoms with Crippen LogP contribution < -0.4 is 20.1 Å². The molecule has 0 fully saturated rings. The molecule has 0 aliphatic carbocycles. The Morgan fingerprint density at radius 2 is 2.31 bits per heavy atom. The Morgan fingerprint density at radius 3 is 3.12 bits per heavy atom. The lowest BCUT2D eigenvalue weighted by molar-refractivity contribution is 0.173. The summed E-state index contributed by atoms with van der Waals surface area (Å²) in [5, 5.41) is 6.62. The van der Waals surface area contributed by atoms with Gasteiger partial charge in [-0.25, -0.2) is 0 Å². The highest BCUT2D eigenvalue weighted by molar-refractivity contribution is 7.80. The predicted molar refractivity (Wildman–Crippen MR) is 65.9 cm³/mol. The van der Waals surface area contributed by atoms with Gasteiger partial charge in [0.05, 0.1) is 0 Å². The number of para-hydroxylation sites is 1. The van der Waals surface area contributed by atoms with Crippen molar-refractivity contribution in [3.05, 3.63) is 23.8 Å². The fourth-order valence-corrected chi connectivity index (χ4v) is 1.69. The number of hydrogen-bond donors (Lipinski definition) is 2. The molecular weight excluding hydrogens is 224 g/mol. The number of rotatable bonds is 3. The lowest BCUT2D eigenvalue weighted by Gasteiger charge is -2.08. The summed E-state index contributed by atoms with van der Waals surface area (Å²) >= 11 is 4.99. The lowest BCUT2D eigenvalue weighted by atomic mass is 10.1. The van der Waals surface area contributed by atoms with E-state index in [1.165, 1.54) is 0 Å². The van der Waals surface area contributed by atoms with Crippen LogP contribution in [0, 0.1) is 0 Å². The van der Waals surface area contributed by atoms with Gasteiger partial charge in [0.25, 0.3) is 0 Å². The average molecular weight is 238 g/mol. The first-order valence-corrected chi connectivity index (χ1v) is 5.55. The van der Waals surface area contributed by atoms with Crippen LogP contribution in [0.1, 0.15) is 5.56 Å². The monoisotopic (exact) mass is 238 g/mol. The summed E-state index contributed by atoms with van der Waals surface area (Å²) in [6, 6.07) is 5.92. The standard InChI is InChI=1S/C11H14N2O2S/c1-12-11(16)13-6-5-8-3-2-4-9-10(8)15-7-14-9/h2-4H,5-7H2,1H3,(H2,12,13,16). The van der Waals surface area contributed by atoms with Gasteiger partial charge in [0.15, 0.2) is 16.6 Å². The summed E-state index contributed by atoms with van der Waals surface area (Å²) in [5.74, 6) is 1.69. The third-order valence-electron chi connectivity index (χ3n) is 2.39. The number of thiocarbonyl (C=S) groups is 1. The van der Waals surface area contributed by atoms with Crippen LogP contribution in [0.2, 0.25) is 0 Å². The van der Waals surface area contributed by atoms with Gasteiger partial charge >= 0.3 is 0 Å². The second-order valence-corrected chi connectivity index (χ2v) is 3.82. The number of hydrogen-bond acceptors (Lipinski definition) is 3. The van der Waals surface area contributed by atoms with E-state index in [1.807, 2.05) is 18.2 Å². The van der Waals surface area contributed by atoms with Crippen molar-refractivity contribution in [2.24, 2.45) is 0 Å². The highest BCUT2D eigenvalue weighted by Gasteiger charge is 2.16. The molecule has 2 rings (SSSR count). The zero-order chi connectivity index (χ0) is 11.4. The number of nitrogens with one attached hydrogen (secondary N) is 2. The van der Waals surface area contributed by atoms with Crippen LogP contribution in [0.25, 0.3) is 0 Å². The van der Waals surface area contributed by atoms with Crippen molar-refractivity contribution >= 4 is 17.3 Å². The molecule has 1 heterocycles. The smallest absolute Gasteiger partial charge is 0.231 e. The van der Waals surface area contributed by atoms with Gasteiger partial charge in [0.2, 0.25) is 6.79 Å². The quantitative estimate of drug-likeness (QED) is 0.771. The maximum absolute atomic E-state index is 5.41. The van der Waals surface area contributed by atoms with Crippen molar-refractivity contribution in [1.82, 2.24) is 10.6 Å². The minimum atomic E-state index is 0.314. The zero-order valence-electron chi connectivity index (χ0n) is 9.08. The molecule has 1 aromatic rings. The van der Waals surface area contributed by atoms with E-state index in [4.69, 9.17) is 21.7 Å². The number of ether oxygens (including phenoxy) is 2. The van der Waals surface area contributed by atoms with E-state index in [2.05, 4.69) is 10.6 Å². The minimum Gasteiger partial charge on any atom is -0.454 e. The zero-order valence-corrected chi connectivity index (χ0v) is 9.89. The van der Waals surface area contributed by atoms with Crippen LogP contribution in [0.15, 0.2) is 18.2 Å². The molecule has 1 aliphatic rings. The van der Waals surface area contributed by atoms with Gasteiger partial charge in [-0.15, -0.1) is 0 Å². The van der Waals surface area contributed by atoms with Gasteiger partial charge in [-0.1, -0.05) is 12.1 Å². The van der Waals surface area contributed by atoms with Crippen LogP contribution in [0.3, 0.4) is 0 Å². The predicted octanol–water partition coefficient (Wildman–Crippen LogP) is 1.05. The molecule has 4 nitrogen and oxygen atoms in total. The van der Waals surface area contributed by atoms with Gasteiger partial charge in [-0.05, 0) is 30.3 Å². The molecule has 0 amide bonds. The Kier molecular flexibility index (Phi) is 3.46.